The fraction of sp³-hybridized carbons (Fsp3) is 0.250. The maximum atomic E-state index is 12.7. The van der Waals surface area contributed by atoms with Crippen LogP contribution in [0.2, 0.25) is 0 Å². The predicted octanol–water partition coefficient (Wildman–Crippen LogP) is 6.04. The van der Waals surface area contributed by atoms with Gasteiger partial charge >= 0.3 is 0 Å². The third-order valence-electron chi connectivity index (χ3n) is 5.12. The van der Waals surface area contributed by atoms with Gasteiger partial charge in [-0.25, -0.2) is 0 Å². The Morgan fingerprint density at radius 1 is 0.906 bits per heavy atom. The highest BCUT2D eigenvalue weighted by Crippen LogP contribution is 2.29. The number of nitrogens with one attached hydrogen (secondary N) is 1. The van der Waals surface area contributed by atoms with Crippen molar-refractivity contribution in [1.82, 2.24) is 5.32 Å². The van der Waals surface area contributed by atoms with Crippen molar-refractivity contribution >= 4 is 12.0 Å². The van der Waals surface area contributed by atoms with E-state index < -0.39 is 0 Å². The average molecular weight is 430 g/mol. The van der Waals surface area contributed by atoms with Gasteiger partial charge in [0, 0.05) is 6.08 Å². The monoisotopic (exact) mass is 429 g/mol. The Morgan fingerprint density at radius 2 is 1.53 bits per heavy atom. The summed E-state index contributed by atoms with van der Waals surface area (Å²) in [5.41, 5.74) is 2.93. The van der Waals surface area contributed by atoms with Gasteiger partial charge in [0.25, 0.3) is 0 Å². The van der Waals surface area contributed by atoms with E-state index in [-0.39, 0.29) is 11.9 Å². The van der Waals surface area contributed by atoms with Crippen LogP contribution in [0.1, 0.15) is 43.0 Å². The summed E-state index contributed by atoms with van der Waals surface area (Å²) in [6.45, 7) is 4.98. The predicted molar refractivity (Wildman–Crippen MR) is 130 cm³/mol. The fourth-order valence-electron chi connectivity index (χ4n) is 3.32. The Labute approximate surface area is 190 Å². The molecule has 0 bridgehead atoms. The summed E-state index contributed by atoms with van der Waals surface area (Å²) >= 11 is 0. The highest BCUT2D eigenvalue weighted by Gasteiger charge is 2.15. The van der Waals surface area contributed by atoms with Gasteiger partial charge in [-0.2, -0.15) is 0 Å². The number of ether oxygens (including phenoxy) is 2. The lowest BCUT2D eigenvalue weighted by atomic mass is 9.98. The first kappa shape index (κ1) is 23.1. The lowest BCUT2D eigenvalue weighted by Crippen LogP contribution is -2.27. The van der Waals surface area contributed by atoms with Crippen LogP contribution >= 0.6 is 0 Å². The van der Waals surface area contributed by atoms with Crippen LogP contribution in [0.15, 0.2) is 84.9 Å². The molecule has 0 heterocycles. The van der Waals surface area contributed by atoms with Crippen molar-refractivity contribution in [1.29, 1.82) is 0 Å². The molecule has 0 aromatic heterocycles. The molecule has 0 aliphatic carbocycles. The minimum Gasteiger partial charge on any atom is -0.493 e. The number of carbonyl (C=O) groups excluding carboxylic acids is 1. The second-order valence-corrected chi connectivity index (χ2v) is 8.04. The van der Waals surface area contributed by atoms with E-state index >= 15 is 0 Å². The zero-order valence-electron chi connectivity index (χ0n) is 19.0. The van der Waals surface area contributed by atoms with Gasteiger partial charge in [0.05, 0.1) is 19.8 Å². The number of rotatable bonds is 10. The minimum atomic E-state index is -0.221. The van der Waals surface area contributed by atoms with Crippen LogP contribution in [0.5, 0.6) is 11.5 Å². The summed E-state index contributed by atoms with van der Waals surface area (Å²) in [5.74, 6) is 1.78. The average Bonchev–Trinajstić information content (AvgIpc) is 2.82. The number of hydrogen-bond acceptors (Lipinski definition) is 3. The first-order chi connectivity index (χ1) is 15.6. The first-order valence-corrected chi connectivity index (χ1v) is 11.0. The van der Waals surface area contributed by atoms with Gasteiger partial charge in [-0.15, -0.1) is 0 Å². The topological polar surface area (TPSA) is 47.6 Å². The van der Waals surface area contributed by atoms with Crippen molar-refractivity contribution in [3.8, 4) is 11.5 Å². The van der Waals surface area contributed by atoms with E-state index in [0.29, 0.717) is 24.0 Å². The molecule has 0 unspecified atom stereocenters. The van der Waals surface area contributed by atoms with Crippen molar-refractivity contribution in [3.63, 3.8) is 0 Å². The molecule has 0 atom stereocenters. The van der Waals surface area contributed by atoms with Crippen molar-refractivity contribution in [2.45, 2.75) is 26.3 Å². The van der Waals surface area contributed by atoms with E-state index in [0.717, 1.165) is 23.1 Å². The normalized spacial score (nSPS) is 11.2. The van der Waals surface area contributed by atoms with Gasteiger partial charge in [0.15, 0.2) is 11.5 Å². The fourth-order valence-corrected chi connectivity index (χ4v) is 3.32. The zero-order chi connectivity index (χ0) is 22.8. The zero-order valence-corrected chi connectivity index (χ0v) is 19.0. The quantitative estimate of drug-likeness (QED) is 0.400. The van der Waals surface area contributed by atoms with E-state index in [9.17, 15) is 4.79 Å². The van der Waals surface area contributed by atoms with Crippen LogP contribution in [0.3, 0.4) is 0 Å². The summed E-state index contributed by atoms with van der Waals surface area (Å²) in [6, 6.07) is 25.4. The summed E-state index contributed by atoms with van der Waals surface area (Å²) in [7, 11) is 1.62. The van der Waals surface area contributed by atoms with E-state index in [1.54, 1.807) is 19.3 Å². The number of hydrogen-bond donors (Lipinski definition) is 1. The van der Waals surface area contributed by atoms with Crippen LogP contribution in [-0.4, -0.2) is 19.6 Å². The molecule has 1 amide bonds. The molecular weight excluding hydrogens is 398 g/mol. The molecule has 3 aromatic carbocycles. The number of benzene rings is 3. The standard InChI is InChI=1S/C28H31NO3/c1-21(2)18-19-32-25-16-14-22(20-26(25)31-3)15-17-27(30)29-28(23-10-6-4-7-11-23)24-12-8-5-9-13-24/h4-17,20-21,28H,18-19H2,1-3H3,(H,29,30)/b17-15+. The molecule has 4 nitrogen and oxygen atoms in total. The van der Waals surface area contributed by atoms with Crippen LogP contribution in [0.25, 0.3) is 6.08 Å². The van der Waals surface area contributed by atoms with Crippen molar-refractivity contribution in [3.05, 3.63) is 102 Å². The molecule has 166 valence electrons. The summed E-state index contributed by atoms with van der Waals surface area (Å²) in [5, 5.41) is 3.12. The van der Waals surface area contributed by atoms with Gasteiger partial charge in [-0.3, -0.25) is 4.79 Å². The lowest BCUT2D eigenvalue weighted by Gasteiger charge is -2.19. The Morgan fingerprint density at radius 3 is 2.09 bits per heavy atom. The molecule has 32 heavy (non-hydrogen) atoms. The van der Waals surface area contributed by atoms with E-state index in [1.807, 2.05) is 78.9 Å². The van der Waals surface area contributed by atoms with Crippen LogP contribution in [0, 0.1) is 5.92 Å². The highest BCUT2D eigenvalue weighted by molar-refractivity contribution is 5.92. The number of amides is 1. The van der Waals surface area contributed by atoms with E-state index in [1.165, 1.54) is 0 Å². The second kappa shape index (κ2) is 11.8. The third-order valence-corrected chi connectivity index (χ3v) is 5.12. The maximum Gasteiger partial charge on any atom is 0.244 e. The highest BCUT2D eigenvalue weighted by atomic mass is 16.5. The van der Waals surface area contributed by atoms with Crippen LogP contribution < -0.4 is 14.8 Å². The summed E-state index contributed by atoms with van der Waals surface area (Å²) in [6.07, 6.45) is 4.31. The van der Waals surface area contributed by atoms with Crippen molar-refractivity contribution in [2.75, 3.05) is 13.7 Å². The second-order valence-electron chi connectivity index (χ2n) is 8.04. The van der Waals surface area contributed by atoms with Crippen LogP contribution in [-0.2, 0) is 4.79 Å². The Hall–Kier alpha value is -3.53. The molecule has 0 saturated carbocycles. The molecule has 0 aliphatic rings. The molecule has 0 aliphatic heterocycles. The van der Waals surface area contributed by atoms with Crippen LogP contribution in [0.4, 0.5) is 0 Å². The van der Waals surface area contributed by atoms with Gasteiger partial charge < -0.3 is 14.8 Å². The first-order valence-electron chi connectivity index (χ1n) is 11.0. The molecule has 0 fully saturated rings. The lowest BCUT2D eigenvalue weighted by molar-refractivity contribution is -0.116. The van der Waals surface area contributed by atoms with Crippen molar-refractivity contribution in [2.24, 2.45) is 5.92 Å². The Balaban J connectivity index is 1.70. The summed E-state index contributed by atoms with van der Waals surface area (Å²) < 4.78 is 11.3. The molecule has 3 aromatic rings. The van der Waals surface area contributed by atoms with E-state index in [2.05, 4.69) is 19.2 Å². The molecule has 0 radical (unpaired) electrons. The molecule has 3 rings (SSSR count). The molecular formula is C28H31NO3. The molecule has 0 spiro atoms. The molecule has 1 N–H and O–H groups in total. The Bertz CT molecular complexity index is 974. The van der Waals surface area contributed by atoms with Crippen molar-refractivity contribution < 1.29 is 14.3 Å². The SMILES string of the molecule is COc1cc(/C=C/C(=O)NC(c2ccccc2)c2ccccc2)ccc1OCCC(C)C. The van der Waals surface area contributed by atoms with Gasteiger partial charge in [0.2, 0.25) is 5.91 Å². The smallest absolute Gasteiger partial charge is 0.244 e. The molecule has 4 heteroatoms. The third kappa shape index (κ3) is 6.74. The summed E-state index contributed by atoms with van der Waals surface area (Å²) in [4.78, 5) is 12.7. The largest absolute Gasteiger partial charge is 0.493 e. The van der Waals surface area contributed by atoms with Gasteiger partial charge in [0.1, 0.15) is 0 Å². The Kier molecular flexibility index (Phi) is 8.50. The molecule has 0 saturated heterocycles. The minimum absolute atomic E-state index is 0.168. The number of methoxy groups -OCH3 is 1. The maximum absolute atomic E-state index is 12.7. The van der Waals surface area contributed by atoms with Gasteiger partial charge in [-0.1, -0.05) is 80.6 Å². The van der Waals surface area contributed by atoms with E-state index in [4.69, 9.17) is 9.47 Å². The van der Waals surface area contributed by atoms with Gasteiger partial charge in [-0.05, 0) is 47.2 Å². The number of carbonyl (C=O) groups is 1.